The number of phenolic OH excluding ortho intramolecular Hbond substituents is 1. The molecule has 2 aromatic carbocycles. The van der Waals surface area contributed by atoms with E-state index in [-0.39, 0.29) is 11.7 Å². The second kappa shape index (κ2) is 11.1. The molecule has 1 heterocycles. The average Bonchev–Trinajstić information content (AvgIpc) is 2.78. The van der Waals surface area contributed by atoms with Crippen molar-refractivity contribution in [3.05, 3.63) is 71.4 Å². The average molecular weight is 421 g/mol. The SMILES string of the molecule is COCCCNC(=O)c1cnc(NCCc2ccc(O)cc2)nc1-c1cccc(C)c1. The van der Waals surface area contributed by atoms with E-state index in [0.29, 0.717) is 36.9 Å². The summed E-state index contributed by atoms with van der Waals surface area (Å²) in [5.41, 5.74) is 4.08. The highest BCUT2D eigenvalue weighted by molar-refractivity contribution is 5.99. The van der Waals surface area contributed by atoms with Gasteiger partial charge >= 0.3 is 0 Å². The molecule has 0 bridgehead atoms. The first-order chi connectivity index (χ1) is 15.1. The van der Waals surface area contributed by atoms with Crippen LogP contribution >= 0.6 is 0 Å². The van der Waals surface area contributed by atoms with Crippen LogP contribution in [0.4, 0.5) is 5.95 Å². The van der Waals surface area contributed by atoms with Gasteiger partial charge in [0.15, 0.2) is 0 Å². The van der Waals surface area contributed by atoms with E-state index in [1.54, 1.807) is 25.4 Å². The Labute approximate surface area is 182 Å². The number of methoxy groups -OCH3 is 1. The van der Waals surface area contributed by atoms with E-state index in [1.165, 1.54) is 0 Å². The summed E-state index contributed by atoms with van der Waals surface area (Å²) < 4.78 is 5.03. The maximum Gasteiger partial charge on any atom is 0.255 e. The Hall–Kier alpha value is -3.45. The summed E-state index contributed by atoms with van der Waals surface area (Å²) >= 11 is 0. The smallest absolute Gasteiger partial charge is 0.255 e. The van der Waals surface area contributed by atoms with Crippen molar-refractivity contribution in [1.29, 1.82) is 0 Å². The molecule has 0 unspecified atom stereocenters. The van der Waals surface area contributed by atoms with Crippen LogP contribution in [0.1, 0.15) is 27.9 Å². The number of nitrogens with one attached hydrogen (secondary N) is 2. The lowest BCUT2D eigenvalue weighted by Crippen LogP contribution is -2.26. The van der Waals surface area contributed by atoms with Crippen molar-refractivity contribution >= 4 is 11.9 Å². The van der Waals surface area contributed by atoms with Gasteiger partial charge in [0, 0.05) is 38.6 Å². The van der Waals surface area contributed by atoms with Crippen LogP contribution < -0.4 is 10.6 Å². The number of aryl methyl sites for hydroxylation is 1. The van der Waals surface area contributed by atoms with Gasteiger partial charge in [0.25, 0.3) is 5.91 Å². The number of rotatable bonds is 10. The Morgan fingerprint density at radius 1 is 1.13 bits per heavy atom. The molecule has 0 atom stereocenters. The predicted octanol–water partition coefficient (Wildman–Crippen LogP) is 3.58. The topological polar surface area (TPSA) is 96.4 Å². The second-order valence-corrected chi connectivity index (χ2v) is 7.27. The zero-order chi connectivity index (χ0) is 22.1. The number of benzene rings is 2. The number of carbonyl (C=O) groups is 1. The van der Waals surface area contributed by atoms with Crippen molar-refractivity contribution in [3.8, 4) is 17.0 Å². The molecule has 0 saturated heterocycles. The summed E-state index contributed by atoms with van der Waals surface area (Å²) in [5.74, 6) is 0.508. The number of amides is 1. The quantitative estimate of drug-likeness (QED) is 0.434. The van der Waals surface area contributed by atoms with Crippen LogP contribution in [0.25, 0.3) is 11.3 Å². The highest BCUT2D eigenvalue weighted by Gasteiger charge is 2.16. The molecule has 3 rings (SSSR count). The van der Waals surface area contributed by atoms with Gasteiger partial charge in [-0.1, -0.05) is 35.9 Å². The minimum absolute atomic E-state index is 0.205. The Bertz CT molecular complexity index is 1010. The number of nitrogens with zero attached hydrogens (tertiary/aromatic N) is 2. The maximum atomic E-state index is 12.8. The summed E-state index contributed by atoms with van der Waals surface area (Å²) in [5, 5.41) is 15.5. The number of hydrogen-bond donors (Lipinski definition) is 3. The van der Waals surface area contributed by atoms with Crippen LogP contribution in [0.2, 0.25) is 0 Å². The van der Waals surface area contributed by atoms with E-state index in [4.69, 9.17) is 4.74 Å². The van der Waals surface area contributed by atoms with Crippen molar-refractivity contribution in [2.75, 3.05) is 32.1 Å². The molecule has 0 radical (unpaired) electrons. The van der Waals surface area contributed by atoms with Gasteiger partial charge in [-0.3, -0.25) is 4.79 Å². The normalized spacial score (nSPS) is 10.6. The van der Waals surface area contributed by atoms with Gasteiger partial charge in [-0.2, -0.15) is 0 Å². The molecule has 7 nitrogen and oxygen atoms in total. The third-order valence-corrected chi connectivity index (χ3v) is 4.77. The van der Waals surface area contributed by atoms with Crippen LogP contribution in [-0.2, 0) is 11.2 Å². The first-order valence-electron chi connectivity index (χ1n) is 10.3. The number of carbonyl (C=O) groups excluding carboxylic acids is 1. The van der Waals surface area contributed by atoms with Crippen molar-refractivity contribution in [3.63, 3.8) is 0 Å². The van der Waals surface area contributed by atoms with Crippen molar-refractivity contribution < 1.29 is 14.6 Å². The van der Waals surface area contributed by atoms with E-state index >= 15 is 0 Å². The Balaban J connectivity index is 1.76. The standard InChI is InChI=1S/C24H28N4O3/c1-17-5-3-6-19(15-17)22-21(23(30)25-12-4-14-31-2)16-27-24(28-22)26-13-11-18-7-9-20(29)10-8-18/h3,5-10,15-16,29H,4,11-14H2,1-2H3,(H,25,30)(H,26,27,28). The largest absolute Gasteiger partial charge is 0.508 e. The predicted molar refractivity (Wildman–Crippen MR) is 121 cm³/mol. The fraction of sp³-hybridized carbons (Fsp3) is 0.292. The van der Waals surface area contributed by atoms with E-state index in [2.05, 4.69) is 20.6 Å². The second-order valence-electron chi connectivity index (χ2n) is 7.27. The number of aromatic nitrogens is 2. The monoisotopic (exact) mass is 420 g/mol. The van der Waals surface area contributed by atoms with Crippen LogP contribution in [0.3, 0.4) is 0 Å². The summed E-state index contributed by atoms with van der Waals surface area (Å²) in [7, 11) is 1.64. The van der Waals surface area contributed by atoms with Crippen LogP contribution in [0.15, 0.2) is 54.7 Å². The van der Waals surface area contributed by atoms with E-state index in [0.717, 1.165) is 29.5 Å². The van der Waals surface area contributed by atoms with Gasteiger partial charge in [0.2, 0.25) is 5.95 Å². The van der Waals surface area contributed by atoms with E-state index < -0.39 is 0 Å². The fourth-order valence-electron chi connectivity index (χ4n) is 3.14. The lowest BCUT2D eigenvalue weighted by Gasteiger charge is -2.12. The third-order valence-electron chi connectivity index (χ3n) is 4.77. The Kier molecular flexibility index (Phi) is 7.95. The van der Waals surface area contributed by atoms with Gasteiger partial charge in [0.1, 0.15) is 5.75 Å². The van der Waals surface area contributed by atoms with Gasteiger partial charge in [-0.05, 0) is 43.5 Å². The van der Waals surface area contributed by atoms with Gasteiger partial charge in [-0.15, -0.1) is 0 Å². The minimum atomic E-state index is -0.205. The van der Waals surface area contributed by atoms with Crippen molar-refractivity contribution in [2.45, 2.75) is 19.8 Å². The molecule has 0 saturated carbocycles. The summed E-state index contributed by atoms with van der Waals surface area (Å²) in [6.45, 7) is 3.74. The molecule has 0 fully saturated rings. The Morgan fingerprint density at radius 2 is 1.94 bits per heavy atom. The third kappa shape index (κ3) is 6.52. The van der Waals surface area contributed by atoms with Crippen LogP contribution in [0, 0.1) is 6.92 Å². The van der Waals surface area contributed by atoms with Gasteiger partial charge in [0.05, 0.1) is 11.3 Å². The minimum Gasteiger partial charge on any atom is -0.508 e. The zero-order valence-corrected chi connectivity index (χ0v) is 17.9. The molecule has 0 aliphatic heterocycles. The zero-order valence-electron chi connectivity index (χ0n) is 17.9. The molecule has 0 aliphatic rings. The highest BCUT2D eigenvalue weighted by atomic mass is 16.5. The highest BCUT2D eigenvalue weighted by Crippen LogP contribution is 2.23. The number of phenols is 1. The van der Waals surface area contributed by atoms with Crippen molar-refractivity contribution in [1.82, 2.24) is 15.3 Å². The number of ether oxygens (including phenoxy) is 1. The molecule has 31 heavy (non-hydrogen) atoms. The summed E-state index contributed by atoms with van der Waals surface area (Å²) in [4.78, 5) is 21.7. The molecule has 0 spiro atoms. The molecule has 1 aromatic heterocycles. The first-order valence-corrected chi connectivity index (χ1v) is 10.3. The molecule has 0 aliphatic carbocycles. The molecule has 3 N–H and O–H groups in total. The number of anilines is 1. The molecular weight excluding hydrogens is 392 g/mol. The number of hydrogen-bond acceptors (Lipinski definition) is 6. The Morgan fingerprint density at radius 3 is 2.68 bits per heavy atom. The number of aromatic hydroxyl groups is 1. The van der Waals surface area contributed by atoms with Crippen LogP contribution in [-0.4, -0.2) is 47.8 Å². The first kappa shape index (κ1) is 22.2. The van der Waals surface area contributed by atoms with E-state index in [9.17, 15) is 9.90 Å². The van der Waals surface area contributed by atoms with Gasteiger partial charge < -0.3 is 20.5 Å². The molecule has 3 aromatic rings. The summed E-state index contributed by atoms with van der Waals surface area (Å²) in [6, 6.07) is 15.0. The maximum absolute atomic E-state index is 12.8. The lowest BCUT2D eigenvalue weighted by atomic mass is 10.0. The van der Waals surface area contributed by atoms with Crippen LogP contribution in [0.5, 0.6) is 5.75 Å². The molecule has 1 amide bonds. The summed E-state index contributed by atoms with van der Waals surface area (Å²) in [6.07, 6.45) is 3.06. The van der Waals surface area contributed by atoms with Crippen molar-refractivity contribution in [2.24, 2.45) is 0 Å². The molecule has 162 valence electrons. The molecular formula is C24H28N4O3. The molecule has 7 heteroatoms. The van der Waals surface area contributed by atoms with E-state index in [1.807, 2.05) is 43.3 Å². The fourth-order valence-corrected chi connectivity index (χ4v) is 3.14. The van der Waals surface area contributed by atoms with Gasteiger partial charge in [-0.25, -0.2) is 9.97 Å². The lowest BCUT2D eigenvalue weighted by molar-refractivity contribution is 0.0948.